The number of aryl methyl sites for hydroxylation is 1. The molecule has 0 amide bonds. The Hall–Kier alpha value is -0.840. The molecule has 5 heteroatoms. The standard InChI is InChI=1S/C10H15BrN2O2/c1-4-15-10(14)9-8(7(2)5-11)6-13(3)12-9/h6-7H,4-5H2,1-3H3. The van der Waals surface area contributed by atoms with Gasteiger partial charge in [0.1, 0.15) is 0 Å². The van der Waals surface area contributed by atoms with Crippen molar-refractivity contribution >= 4 is 21.9 Å². The first kappa shape index (κ1) is 12.2. The zero-order chi connectivity index (χ0) is 11.4. The first-order chi connectivity index (χ1) is 7.10. The quantitative estimate of drug-likeness (QED) is 0.624. The van der Waals surface area contributed by atoms with E-state index in [2.05, 4.69) is 21.0 Å². The van der Waals surface area contributed by atoms with E-state index < -0.39 is 0 Å². The fourth-order valence-electron chi connectivity index (χ4n) is 1.31. The maximum absolute atomic E-state index is 11.6. The van der Waals surface area contributed by atoms with E-state index in [0.29, 0.717) is 12.3 Å². The number of halogens is 1. The lowest BCUT2D eigenvalue weighted by Gasteiger charge is -2.06. The molecule has 1 aromatic heterocycles. The summed E-state index contributed by atoms with van der Waals surface area (Å²) in [6, 6.07) is 0. The fraction of sp³-hybridized carbons (Fsp3) is 0.600. The molecule has 0 bridgehead atoms. The van der Waals surface area contributed by atoms with Crippen LogP contribution in [0.3, 0.4) is 0 Å². The Morgan fingerprint density at radius 3 is 2.93 bits per heavy atom. The van der Waals surface area contributed by atoms with Gasteiger partial charge in [0.25, 0.3) is 0 Å². The summed E-state index contributed by atoms with van der Waals surface area (Å²) in [5.41, 5.74) is 1.35. The lowest BCUT2D eigenvalue weighted by molar-refractivity contribution is 0.0517. The zero-order valence-corrected chi connectivity index (χ0v) is 10.7. The van der Waals surface area contributed by atoms with Crippen LogP contribution in [-0.2, 0) is 11.8 Å². The lowest BCUT2D eigenvalue weighted by Crippen LogP contribution is -2.10. The number of ether oxygens (including phenoxy) is 1. The van der Waals surface area contributed by atoms with Crippen molar-refractivity contribution in [1.82, 2.24) is 9.78 Å². The minimum Gasteiger partial charge on any atom is -0.461 e. The Morgan fingerprint density at radius 1 is 1.73 bits per heavy atom. The van der Waals surface area contributed by atoms with Crippen molar-refractivity contribution in [1.29, 1.82) is 0 Å². The van der Waals surface area contributed by atoms with E-state index >= 15 is 0 Å². The van der Waals surface area contributed by atoms with E-state index in [9.17, 15) is 4.79 Å². The third-order valence-electron chi connectivity index (χ3n) is 2.09. The van der Waals surface area contributed by atoms with E-state index in [1.807, 2.05) is 13.1 Å². The van der Waals surface area contributed by atoms with E-state index in [0.717, 1.165) is 10.9 Å². The molecule has 0 fully saturated rings. The number of aromatic nitrogens is 2. The van der Waals surface area contributed by atoms with Crippen LogP contribution in [0.5, 0.6) is 0 Å². The summed E-state index contributed by atoms with van der Waals surface area (Å²) in [6.45, 7) is 4.19. The lowest BCUT2D eigenvalue weighted by atomic mass is 10.0. The molecular formula is C10H15BrN2O2. The first-order valence-electron chi connectivity index (χ1n) is 4.86. The van der Waals surface area contributed by atoms with Crippen molar-refractivity contribution in [3.8, 4) is 0 Å². The Morgan fingerprint density at radius 2 is 2.40 bits per heavy atom. The van der Waals surface area contributed by atoms with Crippen molar-refractivity contribution in [2.75, 3.05) is 11.9 Å². The smallest absolute Gasteiger partial charge is 0.359 e. The number of hydrogen-bond donors (Lipinski definition) is 0. The van der Waals surface area contributed by atoms with Crippen molar-refractivity contribution in [2.24, 2.45) is 7.05 Å². The molecule has 0 saturated heterocycles. The second-order valence-corrected chi connectivity index (χ2v) is 4.03. The first-order valence-corrected chi connectivity index (χ1v) is 5.98. The summed E-state index contributed by atoms with van der Waals surface area (Å²) in [5, 5.41) is 4.92. The second kappa shape index (κ2) is 5.30. The predicted molar refractivity (Wildman–Crippen MR) is 61.4 cm³/mol. The van der Waals surface area contributed by atoms with Crippen LogP contribution in [-0.4, -0.2) is 27.7 Å². The summed E-state index contributed by atoms with van der Waals surface area (Å²) in [7, 11) is 1.80. The largest absolute Gasteiger partial charge is 0.461 e. The second-order valence-electron chi connectivity index (χ2n) is 3.38. The highest BCUT2D eigenvalue weighted by molar-refractivity contribution is 9.09. The highest BCUT2D eigenvalue weighted by atomic mass is 79.9. The molecule has 0 N–H and O–H groups in total. The average molecular weight is 275 g/mol. The number of carbonyl (C=O) groups excluding carboxylic acids is 1. The van der Waals surface area contributed by atoms with Gasteiger partial charge in [-0.1, -0.05) is 22.9 Å². The SMILES string of the molecule is CCOC(=O)c1nn(C)cc1C(C)CBr. The average Bonchev–Trinajstić information content (AvgIpc) is 2.59. The van der Waals surface area contributed by atoms with Gasteiger partial charge in [0.05, 0.1) is 6.61 Å². The maximum atomic E-state index is 11.6. The minimum absolute atomic E-state index is 0.248. The van der Waals surface area contributed by atoms with Gasteiger partial charge in [-0.3, -0.25) is 4.68 Å². The number of rotatable bonds is 4. The molecule has 84 valence electrons. The summed E-state index contributed by atoms with van der Waals surface area (Å²) in [4.78, 5) is 11.6. The van der Waals surface area contributed by atoms with Gasteiger partial charge >= 0.3 is 5.97 Å². The van der Waals surface area contributed by atoms with Crippen LogP contribution in [0.2, 0.25) is 0 Å². The molecule has 0 aromatic carbocycles. The molecule has 0 aliphatic rings. The Balaban J connectivity index is 3.00. The van der Waals surface area contributed by atoms with E-state index in [4.69, 9.17) is 4.74 Å². The van der Waals surface area contributed by atoms with Crippen molar-refractivity contribution in [2.45, 2.75) is 19.8 Å². The van der Waals surface area contributed by atoms with Crippen LogP contribution in [0.4, 0.5) is 0 Å². The zero-order valence-electron chi connectivity index (χ0n) is 9.16. The van der Waals surface area contributed by atoms with Crippen LogP contribution in [0.1, 0.15) is 35.8 Å². The van der Waals surface area contributed by atoms with Gasteiger partial charge in [0.2, 0.25) is 0 Å². The third kappa shape index (κ3) is 2.81. The topological polar surface area (TPSA) is 44.1 Å². The molecule has 1 rings (SSSR count). The van der Waals surface area contributed by atoms with Crippen LogP contribution in [0.25, 0.3) is 0 Å². The molecule has 0 spiro atoms. The molecule has 0 saturated carbocycles. The molecule has 1 aromatic rings. The van der Waals surface area contributed by atoms with Gasteiger partial charge in [-0.2, -0.15) is 5.10 Å². The molecule has 0 aliphatic carbocycles. The van der Waals surface area contributed by atoms with Gasteiger partial charge < -0.3 is 4.74 Å². The highest BCUT2D eigenvalue weighted by Crippen LogP contribution is 2.21. The minimum atomic E-state index is -0.346. The van der Waals surface area contributed by atoms with E-state index in [1.165, 1.54) is 0 Å². The molecule has 1 unspecified atom stereocenters. The normalized spacial score (nSPS) is 12.5. The van der Waals surface area contributed by atoms with Crippen molar-refractivity contribution in [3.05, 3.63) is 17.5 Å². The summed E-state index contributed by atoms with van der Waals surface area (Å²) < 4.78 is 6.59. The van der Waals surface area contributed by atoms with Gasteiger partial charge in [-0.15, -0.1) is 0 Å². The molecule has 1 atom stereocenters. The van der Waals surface area contributed by atoms with Crippen LogP contribution in [0, 0.1) is 0 Å². The Bertz CT molecular complexity index is 349. The highest BCUT2D eigenvalue weighted by Gasteiger charge is 2.20. The maximum Gasteiger partial charge on any atom is 0.359 e. The summed E-state index contributed by atoms with van der Waals surface area (Å²) in [6.07, 6.45) is 1.86. The van der Waals surface area contributed by atoms with Crippen LogP contribution < -0.4 is 0 Å². The summed E-state index contributed by atoms with van der Waals surface area (Å²) >= 11 is 3.39. The van der Waals surface area contributed by atoms with E-state index in [1.54, 1.807) is 18.7 Å². The van der Waals surface area contributed by atoms with Gasteiger partial charge in [-0.05, 0) is 12.8 Å². The summed E-state index contributed by atoms with van der Waals surface area (Å²) in [5.74, 6) is -0.0981. The molecule has 4 nitrogen and oxygen atoms in total. The predicted octanol–water partition coefficient (Wildman–Crippen LogP) is 2.10. The van der Waals surface area contributed by atoms with Crippen molar-refractivity contribution in [3.63, 3.8) is 0 Å². The Kier molecular flexibility index (Phi) is 4.32. The van der Waals surface area contributed by atoms with E-state index in [-0.39, 0.29) is 11.9 Å². The number of esters is 1. The molecular weight excluding hydrogens is 260 g/mol. The monoisotopic (exact) mass is 274 g/mol. The molecule has 0 radical (unpaired) electrons. The van der Waals surface area contributed by atoms with Crippen molar-refractivity contribution < 1.29 is 9.53 Å². The van der Waals surface area contributed by atoms with Gasteiger partial charge in [-0.25, -0.2) is 4.79 Å². The van der Waals surface area contributed by atoms with Gasteiger partial charge in [0.15, 0.2) is 5.69 Å². The number of hydrogen-bond acceptors (Lipinski definition) is 3. The fourth-order valence-corrected chi connectivity index (χ4v) is 1.66. The number of carbonyl (C=O) groups is 1. The Labute approximate surface area is 97.7 Å². The van der Waals surface area contributed by atoms with Gasteiger partial charge in [0, 0.05) is 24.1 Å². The molecule has 0 aliphatic heterocycles. The molecule has 1 heterocycles. The third-order valence-corrected chi connectivity index (χ3v) is 3.06. The number of alkyl halides is 1. The number of nitrogens with zero attached hydrogens (tertiary/aromatic N) is 2. The molecule has 15 heavy (non-hydrogen) atoms. The van der Waals surface area contributed by atoms with Crippen LogP contribution in [0.15, 0.2) is 6.20 Å². The van der Waals surface area contributed by atoms with Crippen LogP contribution >= 0.6 is 15.9 Å².